The van der Waals surface area contributed by atoms with Crippen LogP contribution < -0.4 is 5.32 Å². The van der Waals surface area contributed by atoms with E-state index in [4.69, 9.17) is 0 Å². The number of nitrogens with one attached hydrogen (secondary N) is 1. The molecule has 0 amide bonds. The van der Waals surface area contributed by atoms with Crippen molar-refractivity contribution < 1.29 is 0 Å². The van der Waals surface area contributed by atoms with E-state index in [-0.39, 0.29) is 0 Å². The van der Waals surface area contributed by atoms with Crippen LogP contribution in [0.5, 0.6) is 0 Å². The molecule has 0 saturated heterocycles. The van der Waals surface area contributed by atoms with Gasteiger partial charge in [0.15, 0.2) is 0 Å². The van der Waals surface area contributed by atoms with Crippen LogP contribution >= 0.6 is 0 Å². The molecule has 0 aromatic rings. The summed E-state index contributed by atoms with van der Waals surface area (Å²) in [7, 11) is 0. The lowest BCUT2D eigenvalue weighted by atomic mass is 9.97. The first-order chi connectivity index (χ1) is 5.45. The minimum absolute atomic E-state index is 0.645. The summed E-state index contributed by atoms with van der Waals surface area (Å²) in [6.07, 6.45) is 0. The van der Waals surface area contributed by atoms with Crippen molar-refractivity contribution in [2.24, 2.45) is 17.8 Å². The third-order valence-corrected chi connectivity index (χ3v) is 2.90. The fourth-order valence-corrected chi connectivity index (χ4v) is 0.843. The van der Waals surface area contributed by atoms with Gasteiger partial charge in [-0.15, -0.1) is 0 Å². The SMILES string of the molecule is CC(C)C(C)NC[C@H](C)C(C)C. The van der Waals surface area contributed by atoms with Crippen LogP contribution in [0.4, 0.5) is 0 Å². The highest BCUT2D eigenvalue weighted by Crippen LogP contribution is 2.09. The Bertz CT molecular complexity index is 93.6. The maximum absolute atomic E-state index is 3.56. The van der Waals surface area contributed by atoms with E-state index in [1.807, 2.05) is 0 Å². The molecule has 1 nitrogen and oxygen atoms in total. The van der Waals surface area contributed by atoms with E-state index in [2.05, 4.69) is 46.9 Å². The molecule has 2 atom stereocenters. The molecule has 0 saturated carbocycles. The molecule has 0 bridgehead atoms. The van der Waals surface area contributed by atoms with Crippen LogP contribution in [0, 0.1) is 17.8 Å². The summed E-state index contributed by atoms with van der Waals surface area (Å²) in [5, 5.41) is 3.56. The molecule has 1 N–H and O–H groups in total. The summed E-state index contributed by atoms with van der Waals surface area (Å²) >= 11 is 0. The topological polar surface area (TPSA) is 12.0 Å². The van der Waals surface area contributed by atoms with Gasteiger partial charge in [-0.25, -0.2) is 0 Å². The maximum Gasteiger partial charge on any atom is 0.00618 e. The van der Waals surface area contributed by atoms with Crippen LogP contribution in [0.3, 0.4) is 0 Å². The van der Waals surface area contributed by atoms with E-state index in [1.165, 1.54) is 0 Å². The van der Waals surface area contributed by atoms with Gasteiger partial charge in [-0.1, -0.05) is 34.6 Å². The molecule has 0 aromatic carbocycles. The zero-order chi connectivity index (χ0) is 9.72. The van der Waals surface area contributed by atoms with Gasteiger partial charge in [-0.2, -0.15) is 0 Å². The van der Waals surface area contributed by atoms with Gasteiger partial charge < -0.3 is 5.32 Å². The van der Waals surface area contributed by atoms with Gasteiger partial charge in [0, 0.05) is 6.04 Å². The zero-order valence-corrected chi connectivity index (χ0v) is 9.52. The Kier molecular flexibility index (Phi) is 5.56. The molecule has 1 heteroatoms. The molecule has 0 aliphatic carbocycles. The first-order valence-corrected chi connectivity index (χ1v) is 5.18. The summed E-state index contributed by atoms with van der Waals surface area (Å²) < 4.78 is 0. The lowest BCUT2D eigenvalue weighted by molar-refractivity contribution is 0.343. The molecule has 1 unspecified atom stereocenters. The molecule has 0 heterocycles. The Morgan fingerprint density at radius 1 is 0.833 bits per heavy atom. The summed E-state index contributed by atoms with van der Waals surface area (Å²) in [5.41, 5.74) is 0. The van der Waals surface area contributed by atoms with Crippen molar-refractivity contribution in [1.82, 2.24) is 5.32 Å². The summed E-state index contributed by atoms with van der Waals surface area (Å²) in [5.74, 6) is 2.31. The molecule has 0 rings (SSSR count). The van der Waals surface area contributed by atoms with Crippen LogP contribution in [0.1, 0.15) is 41.5 Å². The van der Waals surface area contributed by atoms with Crippen molar-refractivity contribution in [1.29, 1.82) is 0 Å². The number of hydrogen-bond acceptors (Lipinski definition) is 1. The maximum atomic E-state index is 3.56. The van der Waals surface area contributed by atoms with Gasteiger partial charge in [0.05, 0.1) is 0 Å². The predicted octanol–water partition coefficient (Wildman–Crippen LogP) is 2.91. The highest BCUT2D eigenvalue weighted by Gasteiger charge is 2.10. The molecule has 0 radical (unpaired) electrons. The van der Waals surface area contributed by atoms with Crippen molar-refractivity contribution in [3.63, 3.8) is 0 Å². The Hall–Kier alpha value is -0.0400. The molecule has 0 aliphatic heterocycles. The Morgan fingerprint density at radius 2 is 1.33 bits per heavy atom. The zero-order valence-electron chi connectivity index (χ0n) is 9.52. The van der Waals surface area contributed by atoms with E-state index in [0.29, 0.717) is 6.04 Å². The van der Waals surface area contributed by atoms with E-state index in [0.717, 1.165) is 24.3 Å². The van der Waals surface area contributed by atoms with Crippen LogP contribution in [0.15, 0.2) is 0 Å². The standard InChI is InChI=1S/C11H25N/c1-8(2)10(5)7-12-11(6)9(3)4/h8-12H,7H2,1-6H3/t10-,11?/m0/s1. The largest absolute Gasteiger partial charge is 0.314 e. The second kappa shape index (κ2) is 5.58. The molecular weight excluding hydrogens is 146 g/mol. The quantitative estimate of drug-likeness (QED) is 0.670. The summed E-state index contributed by atoms with van der Waals surface area (Å²) in [4.78, 5) is 0. The van der Waals surface area contributed by atoms with E-state index >= 15 is 0 Å². The second-order valence-electron chi connectivity index (χ2n) is 4.66. The average molecular weight is 171 g/mol. The third-order valence-electron chi connectivity index (χ3n) is 2.90. The molecule has 0 fully saturated rings. The summed E-state index contributed by atoms with van der Waals surface area (Å²) in [6.45, 7) is 14.8. The van der Waals surface area contributed by atoms with Crippen LogP contribution in [0.25, 0.3) is 0 Å². The smallest absolute Gasteiger partial charge is 0.00618 e. The van der Waals surface area contributed by atoms with Crippen molar-refractivity contribution in [2.45, 2.75) is 47.6 Å². The van der Waals surface area contributed by atoms with Gasteiger partial charge >= 0.3 is 0 Å². The first-order valence-electron chi connectivity index (χ1n) is 5.18. The molecule has 0 spiro atoms. The highest BCUT2D eigenvalue weighted by atomic mass is 14.9. The fraction of sp³-hybridized carbons (Fsp3) is 1.00. The lowest BCUT2D eigenvalue weighted by Crippen LogP contribution is -2.35. The van der Waals surface area contributed by atoms with E-state index in [9.17, 15) is 0 Å². The van der Waals surface area contributed by atoms with Crippen molar-refractivity contribution in [3.8, 4) is 0 Å². The van der Waals surface area contributed by atoms with Gasteiger partial charge in [-0.3, -0.25) is 0 Å². The average Bonchev–Trinajstić information content (AvgIpc) is 1.98. The van der Waals surface area contributed by atoms with Crippen molar-refractivity contribution in [3.05, 3.63) is 0 Å². The van der Waals surface area contributed by atoms with Crippen molar-refractivity contribution >= 4 is 0 Å². The third kappa shape index (κ3) is 4.76. The van der Waals surface area contributed by atoms with Crippen LogP contribution in [-0.4, -0.2) is 12.6 Å². The minimum atomic E-state index is 0.645. The van der Waals surface area contributed by atoms with Crippen LogP contribution in [-0.2, 0) is 0 Å². The number of rotatable bonds is 5. The predicted molar refractivity (Wildman–Crippen MR) is 56.3 cm³/mol. The monoisotopic (exact) mass is 171 g/mol. The van der Waals surface area contributed by atoms with Crippen molar-refractivity contribution in [2.75, 3.05) is 6.54 Å². The fourth-order valence-electron chi connectivity index (χ4n) is 0.843. The highest BCUT2D eigenvalue weighted by molar-refractivity contribution is 4.67. The minimum Gasteiger partial charge on any atom is -0.314 e. The number of hydrogen-bond donors (Lipinski definition) is 1. The molecule has 0 aromatic heterocycles. The normalized spacial score (nSPS) is 17.0. The molecular formula is C11H25N. The Balaban J connectivity index is 3.54. The Labute approximate surface area is 77.9 Å². The Morgan fingerprint density at radius 3 is 1.67 bits per heavy atom. The van der Waals surface area contributed by atoms with E-state index in [1.54, 1.807) is 0 Å². The first kappa shape index (κ1) is 12.0. The summed E-state index contributed by atoms with van der Waals surface area (Å²) in [6, 6.07) is 0.645. The van der Waals surface area contributed by atoms with Gasteiger partial charge in [0.1, 0.15) is 0 Å². The molecule has 0 aliphatic rings. The molecule has 74 valence electrons. The second-order valence-corrected chi connectivity index (χ2v) is 4.66. The van der Waals surface area contributed by atoms with Gasteiger partial charge in [0.25, 0.3) is 0 Å². The van der Waals surface area contributed by atoms with Gasteiger partial charge in [-0.05, 0) is 31.2 Å². The molecule has 12 heavy (non-hydrogen) atoms. The van der Waals surface area contributed by atoms with E-state index < -0.39 is 0 Å². The lowest BCUT2D eigenvalue weighted by Gasteiger charge is -2.22. The van der Waals surface area contributed by atoms with Gasteiger partial charge in [0.2, 0.25) is 0 Å². The van der Waals surface area contributed by atoms with Crippen LogP contribution in [0.2, 0.25) is 0 Å².